The van der Waals surface area contributed by atoms with E-state index >= 15 is 4.57 Å². The van der Waals surface area contributed by atoms with Crippen LogP contribution in [0.4, 0.5) is 0 Å². The summed E-state index contributed by atoms with van der Waals surface area (Å²) in [5, 5.41) is 2.55. The second kappa shape index (κ2) is 8.83. The number of rotatable bonds is 5. The van der Waals surface area contributed by atoms with E-state index in [0.29, 0.717) is 0 Å². The van der Waals surface area contributed by atoms with Crippen molar-refractivity contribution in [3.63, 3.8) is 0 Å². The molecule has 5 rings (SSSR count). The van der Waals surface area contributed by atoms with Crippen molar-refractivity contribution in [1.82, 2.24) is 0 Å². The molecule has 0 bridgehead atoms. The second-order valence-corrected chi connectivity index (χ2v) is 10.4. The van der Waals surface area contributed by atoms with Gasteiger partial charge < -0.3 is 4.57 Å². The van der Waals surface area contributed by atoms with Crippen molar-refractivity contribution in [2.45, 2.75) is 0 Å². The first-order valence-corrected chi connectivity index (χ1v) is 12.4. The lowest BCUT2D eigenvalue weighted by Gasteiger charge is -2.23. The van der Waals surface area contributed by atoms with Gasteiger partial charge in [0.25, 0.3) is 0 Å². The van der Waals surface area contributed by atoms with E-state index in [9.17, 15) is 0 Å². The molecule has 5 aromatic carbocycles. The monoisotopic (exact) mass is 430 g/mol. The van der Waals surface area contributed by atoms with Crippen LogP contribution in [0.15, 0.2) is 140 Å². The van der Waals surface area contributed by atoms with Crippen molar-refractivity contribution in [2.75, 3.05) is 0 Å². The van der Waals surface area contributed by atoms with Gasteiger partial charge in [-0.2, -0.15) is 0 Å². The molecule has 0 aliphatic carbocycles. The van der Waals surface area contributed by atoms with E-state index in [2.05, 4.69) is 54.6 Å². The normalized spacial score (nSPS) is 11.2. The smallest absolute Gasteiger partial charge is 0.171 e. The summed E-state index contributed by atoms with van der Waals surface area (Å²) < 4.78 is 15.1. The lowest BCUT2D eigenvalue weighted by atomic mass is 9.95. The Balaban J connectivity index is 1.80. The van der Waals surface area contributed by atoms with E-state index in [1.807, 2.05) is 84.9 Å². The molecule has 0 saturated carbocycles. The number of hydrogen-bond donors (Lipinski definition) is 0. The summed E-state index contributed by atoms with van der Waals surface area (Å²) in [6.45, 7) is 0. The minimum atomic E-state index is -3.09. The summed E-state index contributed by atoms with van der Waals surface area (Å²) >= 11 is 0. The Morgan fingerprint density at radius 3 is 1.34 bits per heavy atom. The third-order valence-electron chi connectivity index (χ3n) is 5.78. The lowest BCUT2D eigenvalue weighted by molar-refractivity contribution is 0.592. The van der Waals surface area contributed by atoms with Gasteiger partial charge in [-0.3, -0.25) is 0 Å². The Kier molecular flexibility index (Phi) is 5.58. The van der Waals surface area contributed by atoms with E-state index in [4.69, 9.17) is 0 Å². The first-order chi connectivity index (χ1) is 15.8. The summed E-state index contributed by atoms with van der Waals surface area (Å²) in [7, 11) is -3.09. The predicted octanol–water partition coefficient (Wildman–Crippen LogP) is 6.66. The van der Waals surface area contributed by atoms with E-state index in [-0.39, 0.29) is 0 Å². The van der Waals surface area contributed by atoms with Gasteiger partial charge in [0.1, 0.15) is 0 Å². The van der Waals surface area contributed by atoms with Crippen molar-refractivity contribution >= 4 is 23.1 Å². The minimum absolute atomic E-state index is 0.843. The van der Waals surface area contributed by atoms with Gasteiger partial charge >= 0.3 is 0 Å². The standard InChI is InChI=1S/C30H23OP/c31-32(25-16-6-2-7-17-25,26-18-8-3-9-19-26)30-23-13-12-22-29(30)28-21-11-10-20-27(28)24-14-4-1-5-15-24/h1-23H. The predicted molar refractivity (Wildman–Crippen MR) is 137 cm³/mol. The molecule has 1 nitrogen and oxygen atoms in total. The Morgan fingerprint density at radius 2 is 0.781 bits per heavy atom. The number of benzene rings is 5. The highest BCUT2D eigenvalue weighted by Crippen LogP contribution is 2.46. The average Bonchev–Trinajstić information content (AvgIpc) is 2.90. The molecule has 0 aliphatic rings. The molecule has 0 unspecified atom stereocenters. The Labute approximate surface area is 189 Å². The zero-order valence-electron chi connectivity index (χ0n) is 17.6. The summed E-state index contributed by atoms with van der Waals surface area (Å²) in [5.74, 6) is 0. The fourth-order valence-electron chi connectivity index (χ4n) is 4.27. The highest BCUT2D eigenvalue weighted by atomic mass is 31.2. The molecule has 0 N–H and O–H groups in total. The second-order valence-electron chi connectivity index (χ2n) is 7.71. The maximum Gasteiger partial charge on any atom is 0.171 e. The highest BCUT2D eigenvalue weighted by Gasteiger charge is 2.32. The first kappa shape index (κ1) is 20.2. The quantitative estimate of drug-likeness (QED) is 0.285. The Bertz CT molecular complexity index is 1330. The summed E-state index contributed by atoms with van der Waals surface area (Å²) in [4.78, 5) is 0. The van der Waals surface area contributed by atoms with Gasteiger partial charge in [-0.05, 0) is 22.3 Å². The van der Waals surface area contributed by atoms with Gasteiger partial charge in [-0.15, -0.1) is 0 Å². The fraction of sp³-hybridized carbons (Fsp3) is 0. The van der Waals surface area contributed by atoms with Gasteiger partial charge in [0.2, 0.25) is 0 Å². The van der Waals surface area contributed by atoms with E-state index in [1.165, 1.54) is 0 Å². The van der Waals surface area contributed by atoms with Crippen LogP contribution in [0.1, 0.15) is 0 Å². The topological polar surface area (TPSA) is 17.1 Å². The number of hydrogen-bond acceptors (Lipinski definition) is 1. The van der Waals surface area contributed by atoms with Crippen LogP contribution >= 0.6 is 7.14 Å². The molecule has 0 amide bonds. The van der Waals surface area contributed by atoms with Gasteiger partial charge in [0, 0.05) is 15.9 Å². The van der Waals surface area contributed by atoms with Crippen molar-refractivity contribution in [1.29, 1.82) is 0 Å². The van der Waals surface area contributed by atoms with Crippen molar-refractivity contribution in [3.8, 4) is 22.3 Å². The van der Waals surface area contributed by atoms with Crippen molar-refractivity contribution in [2.24, 2.45) is 0 Å². The van der Waals surface area contributed by atoms with Gasteiger partial charge in [0.15, 0.2) is 7.14 Å². The maximum atomic E-state index is 15.1. The molecule has 0 heterocycles. The van der Waals surface area contributed by atoms with Crippen LogP contribution in [0.5, 0.6) is 0 Å². The average molecular weight is 430 g/mol. The maximum absolute atomic E-state index is 15.1. The largest absolute Gasteiger partial charge is 0.309 e. The molecule has 32 heavy (non-hydrogen) atoms. The van der Waals surface area contributed by atoms with Crippen molar-refractivity contribution in [3.05, 3.63) is 140 Å². The molecule has 2 heteroatoms. The zero-order chi connectivity index (χ0) is 21.8. The molecule has 0 aromatic heterocycles. The molecule has 0 atom stereocenters. The summed E-state index contributed by atoms with van der Waals surface area (Å²) in [5.41, 5.74) is 4.37. The molecule has 0 fully saturated rings. The van der Waals surface area contributed by atoms with E-state index in [0.717, 1.165) is 38.2 Å². The third kappa shape index (κ3) is 3.62. The highest BCUT2D eigenvalue weighted by molar-refractivity contribution is 7.85. The summed E-state index contributed by atoms with van der Waals surface area (Å²) in [6, 6.07) is 46.6. The van der Waals surface area contributed by atoms with Gasteiger partial charge in [-0.25, -0.2) is 0 Å². The fourth-order valence-corrected chi connectivity index (χ4v) is 7.14. The van der Waals surface area contributed by atoms with Crippen LogP contribution in [-0.2, 0) is 4.57 Å². The van der Waals surface area contributed by atoms with Crippen LogP contribution in [0, 0.1) is 0 Å². The minimum Gasteiger partial charge on any atom is -0.309 e. The summed E-state index contributed by atoms with van der Waals surface area (Å²) in [6.07, 6.45) is 0. The SMILES string of the molecule is O=P(c1ccccc1)(c1ccccc1)c1ccccc1-c1ccccc1-c1ccccc1. The third-order valence-corrected chi connectivity index (χ3v) is 8.90. The molecule has 0 spiro atoms. The van der Waals surface area contributed by atoms with Gasteiger partial charge in [-0.1, -0.05) is 140 Å². The molecule has 0 aliphatic heterocycles. The first-order valence-electron chi connectivity index (χ1n) is 10.7. The van der Waals surface area contributed by atoms with E-state index in [1.54, 1.807) is 0 Å². The van der Waals surface area contributed by atoms with Crippen LogP contribution in [0.25, 0.3) is 22.3 Å². The molecular formula is C30H23OP. The van der Waals surface area contributed by atoms with E-state index < -0.39 is 7.14 Å². The lowest BCUT2D eigenvalue weighted by Crippen LogP contribution is -2.26. The van der Waals surface area contributed by atoms with Gasteiger partial charge in [0.05, 0.1) is 0 Å². The van der Waals surface area contributed by atoms with Crippen LogP contribution in [-0.4, -0.2) is 0 Å². The Hall–Kier alpha value is -3.67. The molecule has 5 aromatic rings. The molecule has 0 saturated heterocycles. The molecule has 154 valence electrons. The zero-order valence-corrected chi connectivity index (χ0v) is 18.5. The van der Waals surface area contributed by atoms with Crippen molar-refractivity contribution < 1.29 is 4.57 Å². The molecular weight excluding hydrogens is 407 g/mol. The van der Waals surface area contributed by atoms with Crippen LogP contribution in [0.2, 0.25) is 0 Å². The Morgan fingerprint density at radius 1 is 0.375 bits per heavy atom. The molecule has 0 radical (unpaired) electrons. The van der Waals surface area contributed by atoms with Crippen LogP contribution in [0.3, 0.4) is 0 Å². The van der Waals surface area contributed by atoms with Crippen LogP contribution < -0.4 is 15.9 Å².